The van der Waals surface area contributed by atoms with Crippen LogP contribution in [0, 0.1) is 6.92 Å². The molecule has 0 unspecified atom stereocenters. The van der Waals surface area contributed by atoms with Crippen LogP contribution in [0.15, 0.2) is 24.4 Å². The number of hydrogen-bond acceptors (Lipinski definition) is 11. The van der Waals surface area contributed by atoms with Crippen molar-refractivity contribution in [3.63, 3.8) is 0 Å². The molecule has 2 aromatic carbocycles. The van der Waals surface area contributed by atoms with Gasteiger partial charge in [-0.3, -0.25) is 14.6 Å². The minimum Gasteiger partial charge on any atom is -0.507 e. The second-order valence-corrected chi connectivity index (χ2v) is 9.29. The van der Waals surface area contributed by atoms with Crippen molar-refractivity contribution >= 4 is 11.8 Å². The van der Waals surface area contributed by atoms with Gasteiger partial charge in [0.2, 0.25) is 12.5 Å². The van der Waals surface area contributed by atoms with Crippen LogP contribution in [0.5, 0.6) is 34.5 Å². The number of benzene rings is 2. The number of ketones is 1. The summed E-state index contributed by atoms with van der Waals surface area (Å²) in [4.78, 5) is 29.4. The van der Waals surface area contributed by atoms with Gasteiger partial charge < -0.3 is 39.0 Å². The zero-order valence-electron chi connectivity index (χ0n) is 21.7. The number of methoxy groups -OCH3 is 2. The molecule has 0 saturated heterocycles. The molecular weight excluding hydrogens is 510 g/mol. The number of fused-ring (bicyclic) bond motifs is 2. The molecule has 3 heterocycles. The van der Waals surface area contributed by atoms with E-state index < -0.39 is 35.3 Å². The Morgan fingerprint density at radius 3 is 2.56 bits per heavy atom. The molecule has 0 spiro atoms. The average molecular weight is 538 g/mol. The number of ether oxygens (including phenoxy) is 5. The van der Waals surface area contributed by atoms with Crippen LogP contribution in [0.3, 0.4) is 0 Å². The highest BCUT2D eigenvalue weighted by atomic mass is 16.7. The number of rotatable bonds is 7. The van der Waals surface area contributed by atoms with Crippen molar-refractivity contribution < 1.29 is 48.6 Å². The molecule has 2 aliphatic heterocycles. The summed E-state index contributed by atoms with van der Waals surface area (Å²) in [6.45, 7) is 2.98. The second-order valence-electron chi connectivity index (χ2n) is 9.29. The first-order valence-electron chi connectivity index (χ1n) is 12.1. The lowest BCUT2D eigenvalue weighted by atomic mass is 9.82. The highest BCUT2D eigenvalue weighted by Crippen LogP contribution is 2.52. The summed E-state index contributed by atoms with van der Waals surface area (Å²) < 4.78 is 27.3. The highest BCUT2D eigenvalue weighted by Gasteiger charge is 2.37. The number of phenols is 2. The van der Waals surface area contributed by atoms with Gasteiger partial charge in [-0.2, -0.15) is 0 Å². The molecule has 0 fully saturated rings. The Balaban J connectivity index is 1.76. The van der Waals surface area contributed by atoms with E-state index >= 15 is 0 Å². The molecule has 0 amide bonds. The third-order valence-electron chi connectivity index (χ3n) is 7.06. The molecular formula is C28H27NO10. The first-order valence-corrected chi connectivity index (χ1v) is 12.1. The number of phenolic OH excluding ortho intramolecular Hbond substituents is 2. The van der Waals surface area contributed by atoms with Crippen molar-refractivity contribution in [2.45, 2.75) is 38.9 Å². The molecule has 0 saturated carbocycles. The SMILES string of the molecule is COC(=O)C[C@H](c1cc(OC)c2c(c1)OCO2)c1c(O)c(C(C)=O)cc([C@@H]2OCc3cnc(C)c(O)c32)c1O. The smallest absolute Gasteiger partial charge is 0.306 e. The molecule has 0 radical (unpaired) electrons. The first kappa shape index (κ1) is 26.1. The van der Waals surface area contributed by atoms with E-state index in [2.05, 4.69) is 4.98 Å². The fourth-order valence-corrected chi connectivity index (χ4v) is 5.05. The van der Waals surface area contributed by atoms with E-state index in [1.165, 1.54) is 27.2 Å². The Kier molecular flexibility index (Phi) is 6.69. The number of aromatic hydroxyl groups is 3. The van der Waals surface area contributed by atoms with Crippen LogP contribution in [-0.4, -0.2) is 53.1 Å². The normalized spacial score (nSPS) is 16.1. The first-order chi connectivity index (χ1) is 18.7. The van der Waals surface area contributed by atoms with Crippen molar-refractivity contribution in [1.82, 2.24) is 4.98 Å². The van der Waals surface area contributed by atoms with Crippen LogP contribution in [0.1, 0.15) is 69.2 Å². The maximum absolute atomic E-state index is 12.7. The van der Waals surface area contributed by atoms with Crippen molar-refractivity contribution in [2.75, 3.05) is 21.0 Å². The third-order valence-corrected chi connectivity index (χ3v) is 7.06. The van der Waals surface area contributed by atoms with Crippen LogP contribution in [-0.2, 0) is 20.9 Å². The average Bonchev–Trinajstić information content (AvgIpc) is 3.57. The van der Waals surface area contributed by atoms with Crippen LogP contribution in [0.2, 0.25) is 0 Å². The van der Waals surface area contributed by atoms with Gasteiger partial charge in [-0.25, -0.2) is 0 Å². The van der Waals surface area contributed by atoms with Gasteiger partial charge in [0, 0.05) is 34.4 Å². The van der Waals surface area contributed by atoms with Gasteiger partial charge in [-0.15, -0.1) is 0 Å². The monoisotopic (exact) mass is 537 g/mol. The summed E-state index contributed by atoms with van der Waals surface area (Å²) >= 11 is 0. The van der Waals surface area contributed by atoms with E-state index in [1.54, 1.807) is 25.3 Å². The van der Waals surface area contributed by atoms with Gasteiger partial charge in [0.05, 0.1) is 38.5 Å². The van der Waals surface area contributed by atoms with Gasteiger partial charge in [0.15, 0.2) is 17.3 Å². The number of esters is 1. The third kappa shape index (κ3) is 4.34. The van der Waals surface area contributed by atoms with Gasteiger partial charge in [0.25, 0.3) is 0 Å². The molecule has 39 heavy (non-hydrogen) atoms. The number of aromatic nitrogens is 1. The van der Waals surface area contributed by atoms with E-state index in [1.807, 2.05) is 0 Å². The number of nitrogens with zero attached hydrogens (tertiary/aromatic N) is 1. The van der Waals surface area contributed by atoms with Gasteiger partial charge >= 0.3 is 5.97 Å². The van der Waals surface area contributed by atoms with E-state index in [0.29, 0.717) is 39.6 Å². The minimum absolute atomic E-state index is 0.0342. The summed E-state index contributed by atoms with van der Waals surface area (Å²) in [5.74, 6) is -2.08. The molecule has 11 heteroatoms. The molecule has 11 nitrogen and oxygen atoms in total. The molecule has 5 rings (SSSR count). The molecule has 0 bridgehead atoms. The van der Waals surface area contributed by atoms with Gasteiger partial charge in [-0.1, -0.05) is 0 Å². The van der Waals surface area contributed by atoms with Crippen molar-refractivity contribution in [3.05, 3.63) is 63.5 Å². The zero-order valence-corrected chi connectivity index (χ0v) is 21.7. The topological polar surface area (TPSA) is 154 Å². The minimum atomic E-state index is -1.01. The second kappa shape index (κ2) is 9.99. The Morgan fingerprint density at radius 1 is 1.10 bits per heavy atom. The zero-order chi connectivity index (χ0) is 28.0. The van der Waals surface area contributed by atoms with Crippen LogP contribution < -0.4 is 14.2 Å². The van der Waals surface area contributed by atoms with Crippen LogP contribution in [0.25, 0.3) is 0 Å². The number of pyridine rings is 1. The number of Topliss-reactive ketones (excluding diaryl/α,β-unsaturated/α-hetero) is 1. The van der Waals surface area contributed by atoms with E-state index in [-0.39, 0.29) is 42.3 Å². The lowest BCUT2D eigenvalue weighted by molar-refractivity contribution is -0.140. The fraction of sp³-hybridized carbons (Fsp3) is 0.321. The summed E-state index contributed by atoms with van der Waals surface area (Å²) in [5, 5.41) is 33.8. The number of aryl methyl sites for hydroxylation is 1. The Hall–Kier alpha value is -4.51. The Bertz CT molecular complexity index is 1500. The van der Waals surface area contributed by atoms with Crippen molar-refractivity contribution in [1.29, 1.82) is 0 Å². The molecule has 2 atom stereocenters. The Labute approximate surface area is 223 Å². The number of carbonyl (C=O) groups excluding carboxylic acids is 2. The predicted molar refractivity (Wildman–Crippen MR) is 135 cm³/mol. The van der Waals surface area contributed by atoms with E-state index in [4.69, 9.17) is 23.7 Å². The van der Waals surface area contributed by atoms with Gasteiger partial charge in [-0.05, 0) is 37.6 Å². The quantitative estimate of drug-likeness (QED) is 0.298. The molecule has 0 aliphatic carbocycles. The van der Waals surface area contributed by atoms with Crippen molar-refractivity contribution in [2.24, 2.45) is 0 Å². The van der Waals surface area contributed by atoms with Crippen LogP contribution >= 0.6 is 0 Å². The van der Waals surface area contributed by atoms with Gasteiger partial charge in [0.1, 0.15) is 23.4 Å². The molecule has 3 aromatic rings. The Morgan fingerprint density at radius 2 is 1.87 bits per heavy atom. The lowest BCUT2D eigenvalue weighted by Gasteiger charge is -2.25. The lowest BCUT2D eigenvalue weighted by Crippen LogP contribution is -2.14. The highest BCUT2D eigenvalue weighted by molar-refractivity contribution is 5.98. The van der Waals surface area contributed by atoms with Crippen molar-refractivity contribution in [3.8, 4) is 34.5 Å². The fourth-order valence-electron chi connectivity index (χ4n) is 5.05. The molecule has 3 N–H and O–H groups in total. The molecule has 2 aliphatic rings. The summed E-state index contributed by atoms with van der Waals surface area (Å²) in [6, 6.07) is 4.54. The number of hydrogen-bond donors (Lipinski definition) is 3. The predicted octanol–water partition coefficient (Wildman–Crippen LogP) is 3.76. The summed E-state index contributed by atoms with van der Waals surface area (Å²) in [7, 11) is 2.66. The van der Waals surface area contributed by atoms with E-state index in [0.717, 1.165) is 0 Å². The summed E-state index contributed by atoms with van der Waals surface area (Å²) in [6.07, 6.45) is 0.301. The number of carbonyl (C=O) groups is 2. The van der Waals surface area contributed by atoms with E-state index in [9.17, 15) is 24.9 Å². The standard InChI is InChI=1S/C28H27NO10/c1-12-24(32)22-15(9-29-12)10-37-27(22)18-7-16(13(2)30)25(33)23(26(18)34)17(8-21(31)36-4)14-5-19(35-3)28-20(6-14)38-11-39-28/h5-7,9,17,27,32-34H,8,10-11H2,1-4H3/t17-,27+/m1/s1. The largest absolute Gasteiger partial charge is 0.507 e. The maximum Gasteiger partial charge on any atom is 0.306 e. The summed E-state index contributed by atoms with van der Waals surface area (Å²) in [5.41, 5.74) is 1.76. The molecule has 1 aromatic heterocycles. The molecule has 204 valence electrons. The van der Waals surface area contributed by atoms with Crippen LogP contribution in [0.4, 0.5) is 0 Å². The maximum atomic E-state index is 12.7.